The van der Waals surface area contributed by atoms with Gasteiger partial charge in [0.2, 0.25) is 5.91 Å². The molecule has 2 aliphatic rings. The Bertz CT molecular complexity index is 641. The van der Waals surface area contributed by atoms with E-state index in [0.717, 1.165) is 36.9 Å². The second-order valence-electron chi connectivity index (χ2n) is 8.01. The molecule has 1 saturated carbocycles. The molecule has 25 heavy (non-hydrogen) atoms. The molecule has 1 aromatic rings. The summed E-state index contributed by atoms with van der Waals surface area (Å²) in [5.41, 5.74) is 1.35. The summed E-state index contributed by atoms with van der Waals surface area (Å²) >= 11 is 0. The normalized spacial score (nSPS) is 18.6. The lowest BCUT2D eigenvalue weighted by Crippen LogP contribution is -2.40. The van der Waals surface area contributed by atoms with Gasteiger partial charge in [-0.1, -0.05) is 19.3 Å². The average Bonchev–Trinajstić information content (AvgIpc) is 2.96. The largest absolute Gasteiger partial charge is 0.444 e. The number of nitrogens with zero attached hydrogens (tertiary/aromatic N) is 2. The van der Waals surface area contributed by atoms with Gasteiger partial charge in [0.05, 0.1) is 6.54 Å². The van der Waals surface area contributed by atoms with Gasteiger partial charge in [-0.15, -0.1) is 0 Å². The Labute approximate surface area is 148 Å². The van der Waals surface area contributed by atoms with Gasteiger partial charge in [0, 0.05) is 30.1 Å². The first-order valence-corrected chi connectivity index (χ1v) is 9.18. The summed E-state index contributed by atoms with van der Waals surface area (Å²) in [6.07, 6.45) is 5.69. The molecule has 2 amide bonds. The second kappa shape index (κ2) is 7.06. The van der Waals surface area contributed by atoms with Crippen molar-refractivity contribution in [2.24, 2.45) is 5.92 Å². The maximum absolute atomic E-state index is 12.5. The number of carbonyl (C=O) groups is 2. The Balaban J connectivity index is 1.66. The van der Waals surface area contributed by atoms with Crippen LogP contribution < -0.4 is 5.32 Å². The van der Waals surface area contributed by atoms with E-state index < -0.39 is 5.60 Å². The molecule has 1 fully saturated rings. The molecule has 1 aromatic heterocycles. The monoisotopic (exact) mass is 348 g/mol. The van der Waals surface area contributed by atoms with Crippen LogP contribution in [-0.2, 0) is 22.5 Å². The molecule has 2 heterocycles. The summed E-state index contributed by atoms with van der Waals surface area (Å²) < 4.78 is 5.45. The van der Waals surface area contributed by atoms with Gasteiger partial charge >= 0.3 is 6.09 Å². The van der Waals surface area contributed by atoms with Crippen LogP contribution in [0.2, 0.25) is 0 Å². The number of fused-ring (bicyclic) bond motifs is 1. The van der Waals surface area contributed by atoms with Crippen molar-refractivity contribution in [2.45, 2.75) is 71.4 Å². The number of aromatic nitrogens is 2. The van der Waals surface area contributed by atoms with Gasteiger partial charge in [-0.3, -0.25) is 9.89 Å². The number of rotatable bonds is 2. The summed E-state index contributed by atoms with van der Waals surface area (Å²) in [7, 11) is 0. The summed E-state index contributed by atoms with van der Waals surface area (Å²) in [4.78, 5) is 26.5. The van der Waals surface area contributed by atoms with Gasteiger partial charge in [-0.05, 0) is 33.6 Å². The first-order chi connectivity index (χ1) is 11.8. The molecule has 0 aromatic carbocycles. The Hall–Kier alpha value is -2.05. The van der Waals surface area contributed by atoms with Crippen LogP contribution in [0.5, 0.6) is 0 Å². The van der Waals surface area contributed by atoms with Crippen LogP contribution in [0.1, 0.15) is 64.1 Å². The zero-order valence-electron chi connectivity index (χ0n) is 15.4. The summed E-state index contributed by atoms with van der Waals surface area (Å²) in [5.74, 6) is 0.675. The minimum absolute atomic E-state index is 0.0448. The standard InChI is InChI=1S/C18H28N4O3/c1-18(2,3)25-17(24)22-10-9-14-13(11-22)15(21-20-14)19-16(23)12-7-5-4-6-8-12/h12H,4-11H2,1-3H3,(H2,19,20,21,23). The molecular weight excluding hydrogens is 320 g/mol. The van der Waals surface area contributed by atoms with E-state index in [1.54, 1.807) is 4.90 Å². The molecule has 7 nitrogen and oxygen atoms in total. The maximum Gasteiger partial charge on any atom is 0.410 e. The molecule has 0 radical (unpaired) electrons. The van der Waals surface area contributed by atoms with Gasteiger partial charge in [0.1, 0.15) is 5.60 Å². The van der Waals surface area contributed by atoms with Crippen LogP contribution in [-0.4, -0.2) is 39.2 Å². The van der Waals surface area contributed by atoms with Crippen LogP contribution in [0.25, 0.3) is 0 Å². The summed E-state index contributed by atoms with van der Waals surface area (Å²) in [6, 6.07) is 0. The molecule has 7 heteroatoms. The molecule has 2 N–H and O–H groups in total. The van der Waals surface area contributed by atoms with Crippen molar-refractivity contribution in [1.82, 2.24) is 15.1 Å². The Morgan fingerprint density at radius 2 is 1.96 bits per heavy atom. The van der Waals surface area contributed by atoms with Crippen molar-refractivity contribution in [3.05, 3.63) is 11.3 Å². The Kier molecular flexibility index (Phi) is 5.01. The van der Waals surface area contributed by atoms with Gasteiger partial charge in [0.15, 0.2) is 5.82 Å². The SMILES string of the molecule is CC(C)(C)OC(=O)N1CCc2[nH]nc(NC(=O)C3CCCCC3)c2C1. The number of aromatic amines is 1. The van der Waals surface area contributed by atoms with Crippen LogP contribution >= 0.6 is 0 Å². The fourth-order valence-electron chi connectivity index (χ4n) is 3.46. The number of nitrogens with one attached hydrogen (secondary N) is 2. The lowest BCUT2D eigenvalue weighted by molar-refractivity contribution is -0.120. The topological polar surface area (TPSA) is 87.3 Å². The maximum atomic E-state index is 12.5. The van der Waals surface area contributed by atoms with Crippen molar-refractivity contribution in [2.75, 3.05) is 11.9 Å². The molecule has 0 saturated heterocycles. The van der Waals surface area contributed by atoms with Crippen LogP contribution in [0.3, 0.4) is 0 Å². The van der Waals surface area contributed by atoms with Gasteiger partial charge in [-0.25, -0.2) is 4.79 Å². The number of amides is 2. The number of hydrogen-bond acceptors (Lipinski definition) is 4. The molecule has 3 rings (SSSR count). The number of hydrogen-bond donors (Lipinski definition) is 2. The van der Waals surface area contributed by atoms with E-state index in [1.807, 2.05) is 20.8 Å². The lowest BCUT2D eigenvalue weighted by atomic mass is 9.88. The number of carbonyl (C=O) groups excluding carboxylic acids is 2. The first kappa shape index (κ1) is 17.8. The minimum atomic E-state index is -0.522. The third-order valence-corrected chi connectivity index (χ3v) is 4.80. The zero-order valence-corrected chi connectivity index (χ0v) is 15.4. The van der Waals surface area contributed by atoms with Gasteiger partial charge in [-0.2, -0.15) is 5.10 Å². The van der Waals surface area contributed by atoms with Crippen LogP contribution in [0, 0.1) is 5.92 Å². The van der Waals surface area contributed by atoms with Crippen molar-refractivity contribution in [3.8, 4) is 0 Å². The number of ether oxygens (including phenoxy) is 1. The Morgan fingerprint density at radius 3 is 2.64 bits per heavy atom. The fourth-order valence-corrected chi connectivity index (χ4v) is 3.46. The van der Waals surface area contributed by atoms with E-state index in [9.17, 15) is 9.59 Å². The van der Waals surface area contributed by atoms with Crippen LogP contribution in [0.4, 0.5) is 10.6 Å². The van der Waals surface area contributed by atoms with E-state index in [0.29, 0.717) is 25.3 Å². The Morgan fingerprint density at radius 1 is 1.24 bits per heavy atom. The van der Waals surface area contributed by atoms with E-state index in [1.165, 1.54) is 6.42 Å². The highest BCUT2D eigenvalue weighted by atomic mass is 16.6. The van der Waals surface area contributed by atoms with E-state index in [2.05, 4.69) is 15.5 Å². The summed E-state index contributed by atoms with van der Waals surface area (Å²) in [6.45, 7) is 6.55. The third kappa shape index (κ3) is 4.32. The predicted molar refractivity (Wildman–Crippen MR) is 94.1 cm³/mol. The molecule has 0 spiro atoms. The van der Waals surface area contributed by atoms with E-state index in [-0.39, 0.29) is 17.9 Å². The molecule has 1 aliphatic heterocycles. The molecule has 1 aliphatic carbocycles. The highest BCUT2D eigenvalue weighted by molar-refractivity contribution is 5.92. The number of anilines is 1. The molecule has 0 atom stereocenters. The van der Waals surface area contributed by atoms with Crippen molar-refractivity contribution >= 4 is 17.8 Å². The van der Waals surface area contributed by atoms with Crippen molar-refractivity contribution in [3.63, 3.8) is 0 Å². The van der Waals surface area contributed by atoms with E-state index >= 15 is 0 Å². The first-order valence-electron chi connectivity index (χ1n) is 9.18. The smallest absolute Gasteiger partial charge is 0.410 e. The quantitative estimate of drug-likeness (QED) is 0.859. The zero-order chi connectivity index (χ0) is 18.0. The summed E-state index contributed by atoms with van der Waals surface area (Å²) in [5, 5.41) is 10.2. The highest BCUT2D eigenvalue weighted by Gasteiger charge is 2.30. The molecule has 138 valence electrons. The lowest BCUT2D eigenvalue weighted by Gasteiger charge is -2.30. The van der Waals surface area contributed by atoms with Crippen molar-refractivity contribution < 1.29 is 14.3 Å². The second-order valence-corrected chi connectivity index (χ2v) is 8.01. The highest BCUT2D eigenvalue weighted by Crippen LogP contribution is 2.28. The van der Waals surface area contributed by atoms with Gasteiger partial charge in [0.25, 0.3) is 0 Å². The van der Waals surface area contributed by atoms with Crippen molar-refractivity contribution in [1.29, 1.82) is 0 Å². The fraction of sp³-hybridized carbons (Fsp3) is 0.722. The third-order valence-electron chi connectivity index (χ3n) is 4.80. The molecule has 0 bridgehead atoms. The molecular formula is C18H28N4O3. The predicted octanol–water partition coefficient (Wildman–Crippen LogP) is 3.22. The minimum Gasteiger partial charge on any atom is -0.444 e. The number of H-pyrrole nitrogens is 1. The van der Waals surface area contributed by atoms with E-state index in [4.69, 9.17) is 4.74 Å². The van der Waals surface area contributed by atoms with Gasteiger partial charge < -0.3 is 15.0 Å². The average molecular weight is 348 g/mol. The van der Waals surface area contributed by atoms with Crippen LogP contribution in [0.15, 0.2) is 0 Å². The molecule has 0 unspecified atom stereocenters.